The number of aliphatic hydroxyl groups excluding tert-OH is 1. The molecule has 0 aliphatic rings. The maximum atomic E-state index is 13.8. The van der Waals surface area contributed by atoms with Crippen LogP contribution in [0.15, 0.2) is 59.7 Å². The number of hydrogen-bond donors (Lipinski definition) is 2. The van der Waals surface area contributed by atoms with Crippen LogP contribution in [-0.2, 0) is 0 Å². The Morgan fingerprint density at radius 2 is 1.87 bits per heavy atom. The van der Waals surface area contributed by atoms with Gasteiger partial charge < -0.3 is 10.4 Å². The molecular formula is C19H14ClF3N4O3. The molecule has 1 aromatic carbocycles. The van der Waals surface area contributed by atoms with Crippen LogP contribution >= 0.6 is 11.6 Å². The molecular weight excluding hydrogens is 425 g/mol. The van der Waals surface area contributed by atoms with E-state index in [1.54, 1.807) is 29.6 Å². The number of hydrogen-bond acceptors (Lipinski definition) is 5. The third kappa shape index (κ3) is 4.66. The van der Waals surface area contributed by atoms with Gasteiger partial charge in [0.2, 0.25) is 6.30 Å². The van der Waals surface area contributed by atoms with E-state index in [-0.39, 0.29) is 11.4 Å². The van der Waals surface area contributed by atoms with Crippen LogP contribution in [0.2, 0.25) is 5.02 Å². The number of halogens is 4. The minimum absolute atomic E-state index is 0.157. The lowest BCUT2D eigenvalue weighted by Crippen LogP contribution is -2.45. The van der Waals surface area contributed by atoms with Crippen LogP contribution in [-0.4, -0.2) is 44.6 Å². The molecule has 0 saturated carbocycles. The molecule has 1 amide bonds. The van der Waals surface area contributed by atoms with Gasteiger partial charge in [0.25, 0.3) is 17.9 Å². The monoisotopic (exact) mass is 438 g/mol. The first kappa shape index (κ1) is 21.5. The Morgan fingerprint density at radius 1 is 1.17 bits per heavy atom. The Balaban J connectivity index is 2.09. The van der Waals surface area contributed by atoms with Crippen molar-refractivity contribution in [3.8, 4) is 16.9 Å². The minimum atomic E-state index is -3.42. The first-order chi connectivity index (χ1) is 14.3. The van der Waals surface area contributed by atoms with E-state index >= 15 is 0 Å². The topological polar surface area (TPSA) is 97.1 Å². The van der Waals surface area contributed by atoms with E-state index in [4.69, 9.17) is 16.7 Å². The van der Waals surface area contributed by atoms with Crippen molar-refractivity contribution in [3.63, 3.8) is 0 Å². The molecule has 3 aromatic rings. The van der Waals surface area contributed by atoms with Gasteiger partial charge in [-0.3, -0.25) is 14.6 Å². The number of rotatable bonds is 6. The van der Waals surface area contributed by atoms with Crippen molar-refractivity contribution in [2.75, 3.05) is 0 Å². The molecule has 2 heterocycles. The van der Waals surface area contributed by atoms with E-state index in [1.165, 1.54) is 24.5 Å². The molecule has 0 bridgehead atoms. The molecule has 3 rings (SSSR count). The summed E-state index contributed by atoms with van der Waals surface area (Å²) >= 11 is 5.87. The lowest BCUT2D eigenvalue weighted by molar-refractivity contribution is -0.0551. The summed E-state index contributed by atoms with van der Waals surface area (Å²) in [6.45, 7) is 0. The van der Waals surface area contributed by atoms with Crippen molar-refractivity contribution in [2.45, 2.75) is 18.8 Å². The van der Waals surface area contributed by atoms with E-state index < -0.39 is 35.9 Å². The third-order valence-electron chi connectivity index (χ3n) is 4.01. The van der Waals surface area contributed by atoms with Crippen molar-refractivity contribution in [2.24, 2.45) is 0 Å². The standard InChI is InChI=1S/C19H14ClF3N4O3/c20-11-5-3-10(4-6-11)14-8-13(18(29)25-17(23)15(28)16(21)22)19(30)27(26-14)12-2-1-7-24-9-12/h1-9,15-17,28H,(H,25,29)/t15-,17?/m1/s1. The van der Waals surface area contributed by atoms with Crippen LogP contribution < -0.4 is 10.9 Å². The predicted molar refractivity (Wildman–Crippen MR) is 102 cm³/mol. The molecule has 11 heteroatoms. The van der Waals surface area contributed by atoms with Gasteiger partial charge in [-0.2, -0.15) is 9.78 Å². The smallest absolute Gasteiger partial charge is 0.284 e. The molecule has 0 radical (unpaired) electrons. The van der Waals surface area contributed by atoms with Crippen molar-refractivity contribution in [1.29, 1.82) is 0 Å². The zero-order chi connectivity index (χ0) is 21.8. The van der Waals surface area contributed by atoms with Gasteiger partial charge in [0, 0.05) is 16.8 Å². The highest BCUT2D eigenvalue weighted by Crippen LogP contribution is 2.20. The van der Waals surface area contributed by atoms with Gasteiger partial charge >= 0.3 is 0 Å². The second kappa shape index (κ2) is 9.06. The van der Waals surface area contributed by atoms with Gasteiger partial charge in [-0.1, -0.05) is 23.7 Å². The van der Waals surface area contributed by atoms with Gasteiger partial charge in [0.1, 0.15) is 5.56 Å². The Kier molecular flexibility index (Phi) is 6.48. The van der Waals surface area contributed by atoms with E-state index in [9.17, 15) is 22.8 Å². The number of aliphatic hydroxyl groups is 1. The lowest BCUT2D eigenvalue weighted by atomic mass is 10.1. The molecule has 0 fully saturated rings. The number of amides is 1. The summed E-state index contributed by atoms with van der Waals surface area (Å²) in [6, 6.07) is 10.4. The van der Waals surface area contributed by atoms with E-state index in [0.717, 1.165) is 10.7 Å². The number of aromatic nitrogens is 3. The number of carbonyl (C=O) groups is 1. The highest BCUT2D eigenvalue weighted by Gasteiger charge is 2.30. The van der Waals surface area contributed by atoms with Crippen molar-refractivity contribution in [1.82, 2.24) is 20.1 Å². The summed E-state index contributed by atoms with van der Waals surface area (Å²) in [6.07, 6.45) is -6.16. The van der Waals surface area contributed by atoms with Crippen molar-refractivity contribution < 1.29 is 23.1 Å². The first-order valence-electron chi connectivity index (χ1n) is 8.50. The van der Waals surface area contributed by atoms with Crippen LogP contribution in [0, 0.1) is 0 Å². The second-order valence-corrected chi connectivity index (χ2v) is 6.52. The maximum absolute atomic E-state index is 13.8. The molecule has 156 valence electrons. The Morgan fingerprint density at radius 3 is 2.47 bits per heavy atom. The average molecular weight is 439 g/mol. The number of carbonyl (C=O) groups excluding carboxylic acids is 1. The predicted octanol–water partition coefficient (Wildman–Crippen LogP) is 2.60. The third-order valence-corrected chi connectivity index (χ3v) is 4.27. The summed E-state index contributed by atoms with van der Waals surface area (Å²) in [5.74, 6) is -1.29. The van der Waals surface area contributed by atoms with Gasteiger partial charge in [0.05, 0.1) is 17.6 Å². The molecule has 30 heavy (non-hydrogen) atoms. The van der Waals surface area contributed by atoms with E-state index in [1.807, 2.05) is 0 Å². The molecule has 0 aliphatic heterocycles. The summed E-state index contributed by atoms with van der Waals surface area (Å²) in [5.41, 5.74) is -0.641. The van der Waals surface area contributed by atoms with Gasteiger partial charge in [-0.25, -0.2) is 13.2 Å². The summed E-state index contributed by atoms with van der Waals surface area (Å²) in [4.78, 5) is 29.1. The highest BCUT2D eigenvalue weighted by atomic mass is 35.5. The fourth-order valence-corrected chi connectivity index (χ4v) is 2.62. The number of pyridine rings is 1. The minimum Gasteiger partial charge on any atom is -0.382 e. The molecule has 1 unspecified atom stereocenters. The second-order valence-electron chi connectivity index (χ2n) is 6.08. The summed E-state index contributed by atoms with van der Waals surface area (Å²) < 4.78 is 39.6. The summed E-state index contributed by atoms with van der Waals surface area (Å²) in [5, 5.41) is 15.3. The largest absolute Gasteiger partial charge is 0.382 e. The van der Waals surface area contributed by atoms with E-state index in [0.29, 0.717) is 10.6 Å². The van der Waals surface area contributed by atoms with Crippen LogP contribution in [0.3, 0.4) is 0 Å². The van der Waals surface area contributed by atoms with Gasteiger partial charge in [-0.05, 0) is 30.3 Å². The quantitative estimate of drug-likeness (QED) is 0.577. The zero-order valence-electron chi connectivity index (χ0n) is 15.0. The van der Waals surface area contributed by atoms with Gasteiger partial charge in [-0.15, -0.1) is 0 Å². The molecule has 7 nitrogen and oxygen atoms in total. The molecule has 0 saturated heterocycles. The highest BCUT2D eigenvalue weighted by molar-refractivity contribution is 6.30. The van der Waals surface area contributed by atoms with Crippen molar-refractivity contribution in [3.05, 3.63) is 75.8 Å². The number of nitrogens with zero attached hydrogens (tertiary/aromatic N) is 3. The van der Waals surface area contributed by atoms with Crippen LogP contribution in [0.4, 0.5) is 13.2 Å². The Labute approximate surface area is 172 Å². The lowest BCUT2D eigenvalue weighted by Gasteiger charge is -2.16. The Bertz CT molecular complexity index is 1090. The van der Waals surface area contributed by atoms with Crippen LogP contribution in [0.5, 0.6) is 0 Å². The first-order valence-corrected chi connectivity index (χ1v) is 8.87. The van der Waals surface area contributed by atoms with Crippen molar-refractivity contribution >= 4 is 17.5 Å². The SMILES string of the molecule is O=C(NC(F)[C@H](O)C(F)F)c1cc(-c2ccc(Cl)cc2)nn(-c2cccnc2)c1=O. The average Bonchev–Trinajstić information content (AvgIpc) is 2.74. The fourth-order valence-electron chi connectivity index (χ4n) is 2.49. The number of benzene rings is 1. The van der Waals surface area contributed by atoms with Crippen LogP contribution in [0.1, 0.15) is 10.4 Å². The number of alkyl halides is 3. The Hall–Kier alpha value is -3.24. The molecule has 2 atom stereocenters. The fraction of sp³-hybridized carbons (Fsp3) is 0.158. The molecule has 0 spiro atoms. The van der Waals surface area contributed by atoms with E-state index in [2.05, 4.69) is 10.1 Å². The normalized spacial score (nSPS) is 13.1. The molecule has 2 aromatic heterocycles. The van der Waals surface area contributed by atoms with Gasteiger partial charge in [0.15, 0.2) is 6.10 Å². The summed E-state index contributed by atoms with van der Waals surface area (Å²) in [7, 11) is 0. The molecule has 2 N–H and O–H groups in total. The molecule has 0 aliphatic carbocycles. The maximum Gasteiger partial charge on any atom is 0.284 e. The number of nitrogens with one attached hydrogen (secondary N) is 1. The van der Waals surface area contributed by atoms with Crippen LogP contribution in [0.25, 0.3) is 16.9 Å². The zero-order valence-corrected chi connectivity index (χ0v) is 15.8.